The standard InChI is InChI=1S/C8H13NO2/c1-4-5-6-9-8(10)7(2)11-3/h1,7H,5-6H2,2-3H3,(H,9,10). The van der Waals surface area contributed by atoms with Crippen LogP contribution in [0.15, 0.2) is 0 Å². The van der Waals surface area contributed by atoms with E-state index in [4.69, 9.17) is 11.2 Å². The van der Waals surface area contributed by atoms with Gasteiger partial charge in [-0.1, -0.05) is 0 Å². The molecule has 0 fully saturated rings. The zero-order valence-corrected chi connectivity index (χ0v) is 6.89. The maximum atomic E-state index is 10.9. The highest BCUT2D eigenvalue weighted by Crippen LogP contribution is 1.86. The quantitative estimate of drug-likeness (QED) is 0.464. The van der Waals surface area contributed by atoms with E-state index in [-0.39, 0.29) is 5.91 Å². The van der Waals surface area contributed by atoms with Crippen molar-refractivity contribution in [1.82, 2.24) is 5.32 Å². The molecule has 1 N–H and O–H groups in total. The highest BCUT2D eigenvalue weighted by atomic mass is 16.5. The van der Waals surface area contributed by atoms with E-state index in [1.54, 1.807) is 6.92 Å². The third-order valence-corrected chi connectivity index (χ3v) is 1.29. The molecular formula is C8H13NO2. The summed E-state index contributed by atoms with van der Waals surface area (Å²) in [4.78, 5) is 10.9. The summed E-state index contributed by atoms with van der Waals surface area (Å²) in [7, 11) is 1.49. The molecule has 11 heavy (non-hydrogen) atoms. The highest BCUT2D eigenvalue weighted by Gasteiger charge is 2.08. The molecule has 0 aliphatic rings. The molecule has 62 valence electrons. The van der Waals surface area contributed by atoms with Crippen LogP contribution in [0.3, 0.4) is 0 Å². The summed E-state index contributed by atoms with van der Waals surface area (Å²) in [5.74, 6) is 2.30. The summed E-state index contributed by atoms with van der Waals surface area (Å²) in [6, 6.07) is 0. The summed E-state index contributed by atoms with van der Waals surface area (Å²) in [6.07, 6.45) is 5.15. The monoisotopic (exact) mass is 155 g/mol. The fourth-order valence-electron chi connectivity index (χ4n) is 0.509. The number of hydrogen-bond donors (Lipinski definition) is 1. The largest absolute Gasteiger partial charge is 0.372 e. The molecular weight excluding hydrogens is 142 g/mol. The topological polar surface area (TPSA) is 38.3 Å². The lowest BCUT2D eigenvalue weighted by Gasteiger charge is -2.08. The van der Waals surface area contributed by atoms with Crippen LogP contribution in [0, 0.1) is 12.3 Å². The Morgan fingerprint density at radius 3 is 2.91 bits per heavy atom. The van der Waals surface area contributed by atoms with Gasteiger partial charge in [-0.05, 0) is 6.92 Å². The molecule has 0 radical (unpaired) electrons. The van der Waals surface area contributed by atoms with Crippen LogP contribution in [0.1, 0.15) is 13.3 Å². The van der Waals surface area contributed by atoms with Gasteiger partial charge in [-0.3, -0.25) is 4.79 Å². The fourth-order valence-corrected chi connectivity index (χ4v) is 0.509. The van der Waals surface area contributed by atoms with Crippen molar-refractivity contribution in [3.8, 4) is 12.3 Å². The summed E-state index contributed by atoms with van der Waals surface area (Å²) in [5, 5.41) is 2.63. The lowest BCUT2D eigenvalue weighted by Crippen LogP contribution is -2.34. The number of hydrogen-bond acceptors (Lipinski definition) is 2. The van der Waals surface area contributed by atoms with E-state index in [1.165, 1.54) is 7.11 Å². The number of nitrogens with one attached hydrogen (secondary N) is 1. The molecule has 0 rings (SSSR count). The summed E-state index contributed by atoms with van der Waals surface area (Å²) in [6.45, 7) is 2.20. The van der Waals surface area contributed by atoms with Crippen LogP contribution in [0.2, 0.25) is 0 Å². The average molecular weight is 155 g/mol. The molecule has 1 unspecified atom stereocenters. The van der Waals surface area contributed by atoms with Gasteiger partial charge in [0.05, 0.1) is 0 Å². The van der Waals surface area contributed by atoms with Crippen molar-refractivity contribution in [3.63, 3.8) is 0 Å². The Labute approximate surface area is 67.1 Å². The summed E-state index contributed by atoms with van der Waals surface area (Å²) < 4.78 is 4.78. The van der Waals surface area contributed by atoms with Crippen molar-refractivity contribution >= 4 is 5.91 Å². The fraction of sp³-hybridized carbons (Fsp3) is 0.625. The smallest absolute Gasteiger partial charge is 0.248 e. The molecule has 0 aromatic carbocycles. The minimum Gasteiger partial charge on any atom is -0.372 e. The molecule has 0 aliphatic carbocycles. The zero-order chi connectivity index (χ0) is 8.69. The lowest BCUT2D eigenvalue weighted by atomic mass is 10.3. The van der Waals surface area contributed by atoms with Gasteiger partial charge in [0.1, 0.15) is 6.10 Å². The average Bonchev–Trinajstić information content (AvgIpc) is 2.03. The van der Waals surface area contributed by atoms with E-state index < -0.39 is 6.10 Å². The third-order valence-electron chi connectivity index (χ3n) is 1.29. The number of amides is 1. The first-order valence-electron chi connectivity index (χ1n) is 3.46. The summed E-state index contributed by atoms with van der Waals surface area (Å²) >= 11 is 0. The SMILES string of the molecule is C#CCCNC(=O)C(C)OC. The van der Waals surface area contributed by atoms with Gasteiger partial charge in [-0.15, -0.1) is 12.3 Å². The predicted octanol–water partition coefficient (Wildman–Crippen LogP) is 0.161. The molecule has 0 aromatic rings. The minimum atomic E-state index is -0.396. The van der Waals surface area contributed by atoms with E-state index in [2.05, 4.69) is 11.2 Å². The number of rotatable bonds is 4. The second kappa shape index (κ2) is 5.75. The van der Waals surface area contributed by atoms with Gasteiger partial charge in [-0.25, -0.2) is 0 Å². The third kappa shape index (κ3) is 4.40. The first kappa shape index (κ1) is 9.99. The van der Waals surface area contributed by atoms with Gasteiger partial charge in [0.25, 0.3) is 0 Å². The molecule has 0 saturated heterocycles. The van der Waals surface area contributed by atoms with Gasteiger partial charge in [-0.2, -0.15) is 0 Å². The molecule has 3 nitrogen and oxygen atoms in total. The van der Waals surface area contributed by atoms with Crippen LogP contribution < -0.4 is 5.32 Å². The van der Waals surface area contributed by atoms with Gasteiger partial charge >= 0.3 is 0 Å². The van der Waals surface area contributed by atoms with Crippen LogP contribution in [-0.4, -0.2) is 25.7 Å². The maximum Gasteiger partial charge on any atom is 0.248 e. The van der Waals surface area contributed by atoms with Crippen LogP contribution in [-0.2, 0) is 9.53 Å². The van der Waals surface area contributed by atoms with Crippen molar-refractivity contribution in [2.75, 3.05) is 13.7 Å². The van der Waals surface area contributed by atoms with Crippen molar-refractivity contribution in [1.29, 1.82) is 0 Å². The second-order valence-corrected chi connectivity index (χ2v) is 2.12. The Morgan fingerprint density at radius 2 is 2.45 bits per heavy atom. The van der Waals surface area contributed by atoms with Gasteiger partial charge in [0.2, 0.25) is 5.91 Å². The highest BCUT2D eigenvalue weighted by molar-refractivity contribution is 5.80. The van der Waals surface area contributed by atoms with Crippen LogP contribution in [0.5, 0.6) is 0 Å². The first-order valence-corrected chi connectivity index (χ1v) is 3.46. The first-order chi connectivity index (χ1) is 5.22. The number of terminal acetylenes is 1. The number of carbonyl (C=O) groups excluding carboxylic acids is 1. The Kier molecular flexibility index (Phi) is 5.22. The lowest BCUT2D eigenvalue weighted by molar-refractivity contribution is -0.129. The molecule has 0 spiro atoms. The minimum absolute atomic E-state index is 0.122. The Balaban J connectivity index is 3.46. The predicted molar refractivity (Wildman–Crippen MR) is 42.9 cm³/mol. The van der Waals surface area contributed by atoms with E-state index in [0.29, 0.717) is 13.0 Å². The van der Waals surface area contributed by atoms with Crippen molar-refractivity contribution in [2.45, 2.75) is 19.4 Å². The van der Waals surface area contributed by atoms with E-state index in [9.17, 15) is 4.79 Å². The molecule has 1 amide bonds. The van der Waals surface area contributed by atoms with Crippen molar-refractivity contribution in [3.05, 3.63) is 0 Å². The van der Waals surface area contributed by atoms with E-state index in [0.717, 1.165) is 0 Å². The maximum absolute atomic E-state index is 10.9. The van der Waals surface area contributed by atoms with Gasteiger partial charge in [0, 0.05) is 20.1 Å². The van der Waals surface area contributed by atoms with Crippen LogP contribution in [0.25, 0.3) is 0 Å². The molecule has 1 atom stereocenters. The molecule has 0 aromatic heterocycles. The van der Waals surface area contributed by atoms with Crippen LogP contribution in [0.4, 0.5) is 0 Å². The van der Waals surface area contributed by atoms with E-state index in [1.807, 2.05) is 0 Å². The molecule has 0 bridgehead atoms. The molecule has 0 aliphatic heterocycles. The Hall–Kier alpha value is -1.01. The zero-order valence-electron chi connectivity index (χ0n) is 6.89. The van der Waals surface area contributed by atoms with Crippen molar-refractivity contribution < 1.29 is 9.53 Å². The Bertz CT molecular complexity index is 160. The summed E-state index contributed by atoms with van der Waals surface area (Å²) in [5.41, 5.74) is 0. The normalized spacial score (nSPS) is 11.7. The Morgan fingerprint density at radius 1 is 1.82 bits per heavy atom. The van der Waals surface area contributed by atoms with Crippen molar-refractivity contribution in [2.24, 2.45) is 0 Å². The van der Waals surface area contributed by atoms with Gasteiger partial charge < -0.3 is 10.1 Å². The number of ether oxygens (including phenoxy) is 1. The second-order valence-electron chi connectivity index (χ2n) is 2.12. The molecule has 0 heterocycles. The molecule has 0 saturated carbocycles. The van der Waals surface area contributed by atoms with Gasteiger partial charge in [0.15, 0.2) is 0 Å². The van der Waals surface area contributed by atoms with E-state index >= 15 is 0 Å². The molecule has 3 heteroatoms. The number of methoxy groups -OCH3 is 1. The van der Waals surface area contributed by atoms with Crippen LogP contribution >= 0.6 is 0 Å². The number of carbonyl (C=O) groups is 1.